The highest BCUT2D eigenvalue weighted by Gasteiger charge is 2.42. The Morgan fingerprint density at radius 3 is 2.76 bits per heavy atom. The number of ether oxygens (including phenoxy) is 2. The van der Waals surface area contributed by atoms with Crippen LogP contribution in [0.3, 0.4) is 0 Å². The fourth-order valence-corrected chi connectivity index (χ4v) is 4.18. The largest absolute Gasteiger partial charge is 0.497 e. The summed E-state index contributed by atoms with van der Waals surface area (Å²) < 4.78 is 10.8. The number of aromatic nitrogens is 4. The molecule has 0 radical (unpaired) electrons. The van der Waals surface area contributed by atoms with Crippen LogP contribution in [0.4, 0.5) is 5.82 Å². The molecule has 2 N–H and O–H groups in total. The minimum absolute atomic E-state index is 0.279. The number of carbonyl (C=O) groups excluding carboxylic acids is 1. The van der Waals surface area contributed by atoms with Crippen molar-refractivity contribution < 1.29 is 19.4 Å². The number of rotatable bonds is 6. The third-order valence-electron chi connectivity index (χ3n) is 6.36. The van der Waals surface area contributed by atoms with Crippen LogP contribution >= 0.6 is 0 Å². The van der Waals surface area contributed by atoms with Crippen molar-refractivity contribution in [1.29, 1.82) is 0 Å². The van der Waals surface area contributed by atoms with Crippen LogP contribution in [0.15, 0.2) is 55.0 Å². The number of fused-ring (bicyclic) bond motifs is 1. The molecule has 1 aliphatic heterocycles. The molecule has 1 fully saturated rings. The smallest absolute Gasteiger partial charge is 0.267 e. The van der Waals surface area contributed by atoms with Gasteiger partial charge in [-0.3, -0.25) is 4.79 Å². The standard InChI is InChI=1S/C28H26N6O4/c1-34-12-11-28(36,27(34)35)10-9-18-5-4-6-19(13-18)25-30-16-22-24(33-25)26(32-17-31-22)29-15-20-7-8-21(37-2)14-23(20)38-3/h4-8,13-14,16-17,36H,11-12,15H2,1-3H3,(H,29,31,32). The third kappa shape index (κ3) is 4.92. The van der Waals surface area contributed by atoms with Gasteiger partial charge in [-0.1, -0.05) is 24.0 Å². The summed E-state index contributed by atoms with van der Waals surface area (Å²) in [6.07, 6.45) is 3.38. The lowest BCUT2D eigenvalue weighted by molar-refractivity contribution is -0.137. The molecular weight excluding hydrogens is 484 g/mol. The van der Waals surface area contributed by atoms with Gasteiger partial charge in [-0.2, -0.15) is 0 Å². The van der Waals surface area contributed by atoms with Gasteiger partial charge >= 0.3 is 0 Å². The molecule has 1 aliphatic rings. The second-order valence-corrected chi connectivity index (χ2v) is 8.85. The lowest BCUT2D eigenvalue weighted by Gasteiger charge is -2.13. The van der Waals surface area contributed by atoms with Gasteiger partial charge in [0.2, 0.25) is 5.60 Å². The van der Waals surface area contributed by atoms with Crippen LogP contribution in [0.2, 0.25) is 0 Å². The molecule has 2 aromatic carbocycles. The van der Waals surface area contributed by atoms with E-state index in [4.69, 9.17) is 14.5 Å². The molecule has 5 rings (SSSR count). The lowest BCUT2D eigenvalue weighted by Crippen LogP contribution is -2.37. The molecule has 4 aromatic rings. The van der Waals surface area contributed by atoms with Crippen LogP contribution in [0.25, 0.3) is 22.4 Å². The first kappa shape index (κ1) is 24.9. The Hall–Kier alpha value is -4.75. The predicted octanol–water partition coefficient (Wildman–Crippen LogP) is 2.66. The molecule has 0 bridgehead atoms. The Balaban J connectivity index is 1.42. The normalized spacial score (nSPS) is 16.7. The first-order valence-corrected chi connectivity index (χ1v) is 11.9. The van der Waals surface area contributed by atoms with Crippen molar-refractivity contribution in [2.75, 3.05) is 33.1 Å². The molecule has 1 atom stereocenters. The summed E-state index contributed by atoms with van der Waals surface area (Å²) in [6.45, 7) is 0.916. The first-order valence-electron chi connectivity index (χ1n) is 11.9. The summed E-state index contributed by atoms with van der Waals surface area (Å²) in [4.78, 5) is 31.6. The highest BCUT2D eigenvalue weighted by molar-refractivity contribution is 5.90. The summed E-state index contributed by atoms with van der Waals surface area (Å²) in [7, 11) is 4.87. The van der Waals surface area contributed by atoms with Gasteiger partial charge in [0.15, 0.2) is 11.6 Å². The van der Waals surface area contributed by atoms with Gasteiger partial charge in [-0.25, -0.2) is 19.9 Å². The van der Waals surface area contributed by atoms with Crippen molar-refractivity contribution in [3.05, 3.63) is 66.1 Å². The van der Waals surface area contributed by atoms with E-state index in [-0.39, 0.29) is 12.3 Å². The number of amides is 1. The van der Waals surface area contributed by atoms with E-state index < -0.39 is 5.60 Å². The average Bonchev–Trinajstić information content (AvgIpc) is 3.22. The zero-order valence-corrected chi connectivity index (χ0v) is 21.2. The number of anilines is 1. The summed E-state index contributed by atoms with van der Waals surface area (Å²) in [5.74, 6) is 7.72. The quantitative estimate of drug-likeness (QED) is 0.377. The van der Waals surface area contributed by atoms with E-state index in [9.17, 15) is 9.90 Å². The van der Waals surface area contributed by atoms with Gasteiger partial charge in [0.1, 0.15) is 28.9 Å². The SMILES string of the molecule is COc1ccc(CNc2ncnc3cnc(-c4cccc(C#CC5(O)CCN(C)C5=O)c4)nc23)c(OC)c1. The fraction of sp³-hybridized carbons (Fsp3) is 0.250. The summed E-state index contributed by atoms with van der Waals surface area (Å²) in [6, 6.07) is 12.9. The molecule has 0 saturated carbocycles. The van der Waals surface area contributed by atoms with E-state index in [0.717, 1.165) is 11.1 Å². The minimum atomic E-state index is -1.66. The van der Waals surface area contributed by atoms with Crippen LogP contribution in [-0.2, 0) is 11.3 Å². The van der Waals surface area contributed by atoms with Crippen molar-refractivity contribution >= 4 is 22.8 Å². The van der Waals surface area contributed by atoms with Crippen molar-refractivity contribution in [3.63, 3.8) is 0 Å². The molecule has 0 aliphatic carbocycles. The van der Waals surface area contributed by atoms with E-state index in [1.807, 2.05) is 42.5 Å². The molecular formula is C28H26N6O4. The Morgan fingerprint density at radius 2 is 2.00 bits per heavy atom. The fourth-order valence-electron chi connectivity index (χ4n) is 4.18. The number of nitrogens with one attached hydrogen (secondary N) is 1. The van der Waals surface area contributed by atoms with Gasteiger partial charge in [0.25, 0.3) is 5.91 Å². The molecule has 1 amide bonds. The molecule has 38 heavy (non-hydrogen) atoms. The molecule has 3 heterocycles. The Bertz CT molecular complexity index is 1580. The van der Waals surface area contributed by atoms with E-state index in [2.05, 4.69) is 32.1 Å². The monoisotopic (exact) mass is 510 g/mol. The molecule has 2 aromatic heterocycles. The second kappa shape index (κ2) is 10.3. The van der Waals surface area contributed by atoms with Crippen LogP contribution < -0.4 is 14.8 Å². The Morgan fingerprint density at radius 1 is 1.13 bits per heavy atom. The number of nitrogens with zero attached hydrogens (tertiary/aromatic N) is 5. The summed E-state index contributed by atoms with van der Waals surface area (Å²) in [5.41, 5.74) is 1.79. The molecule has 1 saturated heterocycles. The van der Waals surface area contributed by atoms with Gasteiger partial charge in [0, 0.05) is 49.3 Å². The van der Waals surface area contributed by atoms with Crippen molar-refractivity contribution in [2.24, 2.45) is 0 Å². The molecule has 10 nitrogen and oxygen atoms in total. The zero-order valence-electron chi connectivity index (χ0n) is 21.2. The number of methoxy groups -OCH3 is 2. The number of hydrogen-bond acceptors (Lipinski definition) is 9. The number of hydrogen-bond donors (Lipinski definition) is 2. The highest BCUT2D eigenvalue weighted by Crippen LogP contribution is 2.27. The number of likely N-dealkylation sites (tertiary alicyclic amines) is 1. The number of likely N-dealkylation sites (N-methyl/N-ethyl adjacent to an activating group) is 1. The van der Waals surface area contributed by atoms with Crippen LogP contribution in [0.1, 0.15) is 17.5 Å². The van der Waals surface area contributed by atoms with E-state index in [1.54, 1.807) is 27.5 Å². The van der Waals surface area contributed by atoms with E-state index in [1.165, 1.54) is 11.2 Å². The second-order valence-electron chi connectivity index (χ2n) is 8.85. The average molecular weight is 511 g/mol. The minimum Gasteiger partial charge on any atom is -0.497 e. The van der Waals surface area contributed by atoms with E-state index in [0.29, 0.717) is 52.8 Å². The Kier molecular flexibility index (Phi) is 6.77. The highest BCUT2D eigenvalue weighted by atomic mass is 16.5. The predicted molar refractivity (Wildman–Crippen MR) is 142 cm³/mol. The van der Waals surface area contributed by atoms with Gasteiger partial charge < -0.3 is 24.8 Å². The van der Waals surface area contributed by atoms with Crippen molar-refractivity contribution in [2.45, 2.75) is 18.6 Å². The van der Waals surface area contributed by atoms with Crippen LogP contribution in [-0.4, -0.2) is 69.3 Å². The van der Waals surface area contributed by atoms with Gasteiger partial charge in [-0.05, 0) is 24.3 Å². The lowest BCUT2D eigenvalue weighted by atomic mass is 10.0. The Labute approximate surface area is 219 Å². The van der Waals surface area contributed by atoms with Crippen molar-refractivity contribution in [3.8, 4) is 34.7 Å². The molecule has 1 unspecified atom stereocenters. The number of carbonyl (C=O) groups is 1. The van der Waals surface area contributed by atoms with Crippen LogP contribution in [0.5, 0.6) is 11.5 Å². The maximum atomic E-state index is 12.2. The summed E-state index contributed by atoms with van der Waals surface area (Å²) >= 11 is 0. The topological polar surface area (TPSA) is 123 Å². The number of benzene rings is 2. The van der Waals surface area contributed by atoms with Crippen LogP contribution in [0, 0.1) is 11.8 Å². The first-order chi connectivity index (χ1) is 18.4. The maximum Gasteiger partial charge on any atom is 0.267 e. The zero-order chi connectivity index (χ0) is 26.7. The van der Waals surface area contributed by atoms with Gasteiger partial charge in [-0.15, -0.1) is 0 Å². The molecule has 0 spiro atoms. The molecule has 192 valence electrons. The van der Waals surface area contributed by atoms with E-state index >= 15 is 0 Å². The molecule has 10 heteroatoms. The van der Waals surface area contributed by atoms with Gasteiger partial charge in [0.05, 0.1) is 20.4 Å². The summed E-state index contributed by atoms with van der Waals surface area (Å²) in [5, 5.41) is 13.9. The van der Waals surface area contributed by atoms with Crippen molar-refractivity contribution in [1.82, 2.24) is 24.8 Å². The number of aliphatic hydroxyl groups is 1. The maximum absolute atomic E-state index is 12.2. The third-order valence-corrected chi connectivity index (χ3v) is 6.36.